The third kappa shape index (κ3) is 3.53. The second-order valence-corrected chi connectivity index (χ2v) is 5.93. The maximum absolute atomic E-state index is 12.7. The van der Waals surface area contributed by atoms with E-state index < -0.39 is 11.9 Å². The van der Waals surface area contributed by atoms with Crippen LogP contribution < -0.4 is 10.6 Å². The largest absolute Gasteiger partial charge is 0.396 e. The van der Waals surface area contributed by atoms with Crippen LogP contribution in [0.2, 0.25) is 0 Å². The summed E-state index contributed by atoms with van der Waals surface area (Å²) in [6.45, 7) is 7.76. The van der Waals surface area contributed by atoms with Crippen LogP contribution in [-0.2, 0) is 20.8 Å². The van der Waals surface area contributed by atoms with Crippen molar-refractivity contribution in [3.8, 4) is 0 Å². The van der Waals surface area contributed by atoms with Crippen molar-refractivity contribution >= 4 is 35.4 Å². The molecule has 3 N–H and O–H groups in total. The Morgan fingerprint density at radius 3 is 2.68 bits per heavy atom. The quantitative estimate of drug-likeness (QED) is 0.524. The Morgan fingerprint density at radius 2 is 2.12 bits per heavy atom. The lowest BCUT2D eigenvalue weighted by Crippen LogP contribution is -2.39. The van der Waals surface area contributed by atoms with Gasteiger partial charge in [-0.2, -0.15) is 0 Å². The van der Waals surface area contributed by atoms with Crippen molar-refractivity contribution in [2.75, 3.05) is 11.5 Å². The highest BCUT2D eigenvalue weighted by Crippen LogP contribution is 2.41. The van der Waals surface area contributed by atoms with Crippen LogP contribution in [0.4, 0.5) is 5.69 Å². The predicted octanol–water partition coefficient (Wildman–Crippen LogP) is 1.45. The maximum Gasteiger partial charge on any atom is 0.259 e. The zero-order valence-corrected chi connectivity index (χ0v) is 14.0. The molecule has 0 saturated heterocycles. The molecule has 6 nitrogen and oxygen atoms in total. The van der Waals surface area contributed by atoms with E-state index in [1.54, 1.807) is 12.1 Å². The number of aldehydes is 1. The molecule has 0 aliphatic carbocycles. The number of nitrogens with zero attached hydrogens (tertiary/aromatic N) is 1. The van der Waals surface area contributed by atoms with Gasteiger partial charge in [0.25, 0.3) is 5.91 Å². The highest BCUT2D eigenvalue weighted by atomic mass is 16.3. The number of carbonyl (C=O) groups excluding carboxylic acids is 3. The van der Waals surface area contributed by atoms with Gasteiger partial charge in [-0.3, -0.25) is 14.5 Å². The number of aryl methyl sites for hydroxylation is 1. The summed E-state index contributed by atoms with van der Waals surface area (Å²) in [5.74, 6) is -0.886. The minimum Gasteiger partial charge on any atom is -0.396 e. The monoisotopic (exact) mass is 342 g/mol. The van der Waals surface area contributed by atoms with Gasteiger partial charge < -0.3 is 15.6 Å². The van der Waals surface area contributed by atoms with E-state index in [2.05, 4.69) is 13.2 Å². The van der Waals surface area contributed by atoms with Crippen molar-refractivity contribution in [3.63, 3.8) is 0 Å². The lowest BCUT2D eigenvalue weighted by molar-refractivity contribution is -0.119. The molecule has 1 aliphatic heterocycles. The van der Waals surface area contributed by atoms with Crippen LogP contribution in [0.1, 0.15) is 36.0 Å². The van der Waals surface area contributed by atoms with Crippen LogP contribution in [0.25, 0.3) is 11.6 Å². The molecule has 1 aromatic rings. The average Bonchev–Trinajstić information content (AvgIpc) is 2.85. The molecule has 1 aromatic carbocycles. The molecule has 0 fully saturated rings. The van der Waals surface area contributed by atoms with Gasteiger partial charge in [0.05, 0.1) is 11.7 Å². The predicted molar refractivity (Wildman–Crippen MR) is 96.7 cm³/mol. The molecule has 1 unspecified atom stereocenters. The number of aliphatic hydroxyl groups excluding tert-OH is 1. The first-order valence-electron chi connectivity index (χ1n) is 8.11. The minimum atomic E-state index is -0.779. The number of anilines is 1. The van der Waals surface area contributed by atoms with Gasteiger partial charge in [-0.15, -0.1) is 0 Å². The Labute approximate surface area is 146 Å². The van der Waals surface area contributed by atoms with Crippen LogP contribution in [0, 0.1) is 0 Å². The molecule has 2 amide bonds. The summed E-state index contributed by atoms with van der Waals surface area (Å²) < 4.78 is 0. The van der Waals surface area contributed by atoms with E-state index in [0.29, 0.717) is 36.0 Å². The number of primary amides is 1. The maximum atomic E-state index is 12.7. The Balaban J connectivity index is 2.48. The number of aliphatic hydroxyl groups is 1. The van der Waals surface area contributed by atoms with Crippen LogP contribution in [0.3, 0.4) is 0 Å². The van der Waals surface area contributed by atoms with Gasteiger partial charge in [0.2, 0.25) is 5.91 Å². The molecular formula is C19H22N2O4. The Hall–Kier alpha value is -2.73. The van der Waals surface area contributed by atoms with Crippen molar-refractivity contribution in [3.05, 3.63) is 42.0 Å². The SMILES string of the molecule is C=Cc1c(CCCO)ccc2c1C(=C)C(=O)N2C(C=O)CCC(N)=O. The van der Waals surface area contributed by atoms with E-state index in [0.717, 1.165) is 11.1 Å². The molecule has 0 saturated carbocycles. The normalized spacial score (nSPS) is 14.4. The molecule has 1 atom stereocenters. The highest BCUT2D eigenvalue weighted by Gasteiger charge is 2.37. The summed E-state index contributed by atoms with van der Waals surface area (Å²) in [6.07, 6.45) is 3.72. The van der Waals surface area contributed by atoms with E-state index in [9.17, 15) is 14.4 Å². The van der Waals surface area contributed by atoms with Crippen LogP contribution >= 0.6 is 0 Å². The van der Waals surface area contributed by atoms with Gasteiger partial charge in [0.1, 0.15) is 6.29 Å². The number of hydrogen-bond acceptors (Lipinski definition) is 4. The molecular weight excluding hydrogens is 320 g/mol. The average molecular weight is 342 g/mol. The fourth-order valence-electron chi connectivity index (χ4n) is 3.13. The van der Waals surface area contributed by atoms with Gasteiger partial charge in [-0.25, -0.2) is 0 Å². The van der Waals surface area contributed by atoms with Crippen molar-refractivity contribution < 1.29 is 19.5 Å². The van der Waals surface area contributed by atoms with Gasteiger partial charge in [0, 0.05) is 24.2 Å². The molecule has 1 aliphatic rings. The Bertz CT molecular complexity index is 739. The summed E-state index contributed by atoms with van der Waals surface area (Å²) in [4.78, 5) is 36.6. The summed E-state index contributed by atoms with van der Waals surface area (Å²) in [5, 5.41) is 9.05. The first-order chi connectivity index (χ1) is 12.0. The number of nitrogens with two attached hydrogens (primary N) is 1. The standard InChI is InChI=1S/C19H22N2O4/c1-3-15-13(5-4-10-22)6-8-16-18(15)12(2)19(25)21(16)14(11-23)7-9-17(20)24/h3,6,8,11,14,22H,1-2,4-5,7,9-10H2,(H2,20,24). The topological polar surface area (TPSA) is 101 Å². The fraction of sp³-hybridized carbons (Fsp3) is 0.316. The van der Waals surface area contributed by atoms with E-state index >= 15 is 0 Å². The van der Waals surface area contributed by atoms with Crippen molar-refractivity contribution in [2.45, 2.75) is 31.7 Å². The van der Waals surface area contributed by atoms with Gasteiger partial charge in [0.15, 0.2) is 0 Å². The number of carbonyl (C=O) groups is 3. The Kier molecular flexibility index (Phi) is 5.88. The second-order valence-electron chi connectivity index (χ2n) is 5.93. The van der Waals surface area contributed by atoms with Gasteiger partial charge in [-0.05, 0) is 36.5 Å². The lowest BCUT2D eigenvalue weighted by Gasteiger charge is -2.24. The fourth-order valence-corrected chi connectivity index (χ4v) is 3.13. The van der Waals surface area contributed by atoms with E-state index in [-0.39, 0.29) is 25.4 Å². The summed E-state index contributed by atoms with van der Waals surface area (Å²) in [6, 6.07) is 2.85. The van der Waals surface area contributed by atoms with Crippen molar-refractivity contribution in [2.24, 2.45) is 5.73 Å². The zero-order chi connectivity index (χ0) is 18.6. The first kappa shape index (κ1) is 18.6. The van der Waals surface area contributed by atoms with Crippen molar-refractivity contribution in [1.29, 1.82) is 0 Å². The Morgan fingerprint density at radius 1 is 1.40 bits per heavy atom. The molecule has 2 rings (SSSR count). The highest BCUT2D eigenvalue weighted by molar-refractivity contribution is 6.33. The molecule has 0 aromatic heterocycles. The number of hydrogen-bond donors (Lipinski definition) is 2. The zero-order valence-electron chi connectivity index (χ0n) is 14.0. The summed E-state index contributed by atoms with van der Waals surface area (Å²) in [5.41, 5.74) is 8.42. The summed E-state index contributed by atoms with van der Waals surface area (Å²) in [7, 11) is 0. The third-order valence-corrected chi connectivity index (χ3v) is 4.34. The lowest BCUT2D eigenvalue weighted by atomic mass is 9.94. The molecule has 0 bridgehead atoms. The molecule has 25 heavy (non-hydrogen) atoms. The number of fused-ring (bicyclic) bond motifs is 1. The number of benzene rings is 1. The molecule has 0 radical (unpaired) electrons. The molecule has 0 spiro atoms. The number of amides is 2. The number of rotatable bonds is 9. The van der Waals surface area contributed by atoms with E-state index in [1.807, 2.05) is 6.07 Å². The van der Waals surface area contributed by atoms with Crippen LogP contribution in [-0.4, -0.2) is 35.9 Å². The van der Waals surface area contributed by atoms with Gasteiger partial charge >= 0.3 is 0 Å². The van der Waals surface area contributed by atoms with Crippen LogP contribution in [0.5, 0.6) is 0 Å². The van der Waals surface area contributed by atoms with E-state index in [1.165, 1.54) is 4.90 Å². The summed E-state index contributed by atoms with van der Waals surface area (Å²) >= 11 is 0. The third-order valence-electron chi connectivity index (χ3n) is 4.34. The van der Waals surface area contributed by atoms with Gasteiger partial charge in [-0.1, -0.05) is 25.3 Å². The van der Waals surface area contributed by atoms with E-state index in [4.69, 9.17) is 10.8 Å². The smallest absolute Gasteiger partial charge is 0.259 e. The first-order valence-corrected chi connectivity index (χ1v) is 8.11. The molecule has 132 valence electrons. The van der Waals surface area contributed by atoms with Crippen molar-refractivity contribution in [1.82, 2.24) is 0 Å². The molecule has 6 heteroatoms. The van der Waals surface area contributed by atoms with Crippen LogP contribution in [0.15, 0.2) is 25.3 Å². The molecule has 1 heterocycles. The second kappa shape index (κ2) is 7.90. The minimum absolute atomic E-state index is 0.0118.